The number of non-ortho nitro benzene ring substituents is 1. The molecule has 1 saturated heterocycles. The van der Waals surface area contributed by atoms with E-state index in [1.165, 1.54) is 35.5 Å². The number of nitro groups is 1. The molecule has 1 aromatic heterocycles. The molecule has 15 heteroatoms. The first-order valence-electron chi connectivity index (χ1n) is 10.4. The van der Waals surface area contributed by atoms with Crippen molar-refractivity contribution in [2.24, 2.45) is 0 Å². The van der Waals surface area contributed by atoms with Crippen molar-refractivity contribution >= 4 is 48.0 Å². The highest BCUT2D eigenvalue weighted by atomic mass is 32.2. The topological polar surface area (TPSA) is 131 Å². The predicted molar refractivity (Wildman–Crippen MR) is 125 cm³/mol. The van der Waals surface area contributed by atoms with E-state index in [4.69, 9.17) is 0 Å². The molecule has 0 bridgehead atoms. The number of hydrogen-bond acceptors (Lipinski definition) is 9. The molecule has 0 amide bonds. The van der Waals surface area contributed by atoms with Crippen LogP contribution in [0.2, 0.25) is 0 Å². The van der Waals surface area contributed by atoms with E-state index in [1.807, 2.05) is 0 Å². The Morgan fingerprint density at radius 3 is 2.25 bits per heavy atom. The van der Waals surface area contributed by atoms with Crippen LogP contribution in [0.1, 0.15) is 22.8 Å². The van der Waals surface area contributed by atoms with Crippen LogP contribution >= 0.6 is 11.3 Å². The maximum absolute atomic E-state index is 13.2. The Labute approximate surface area is 205 Å². The molecule has 190 valence electrons. The second kappa shape index (κ2) is 9.22. The average molecular weight is 543 g/mol. The van der Waals surface area contributed by atoms with Crippen molar-refractivity contribution in [1.82, 2.24) is 9.29 Å². The van der Waals surface area contributed by atoms with E-state index in [0.29, 0.717) is 29.0 Å². The molecule has 1 fully saturated rings. The number of benzene rings is 2. The van der Waals surface area contributed by atoms with E-state index in [1.54, 1.807) is 4.90 Å². The van der Waals surface area contributed by atoms with Gasteiger partial charge in [0.1, 0.15) is 4.70 Å². The lowest BCUT2D eigenvalue weighted by molar-refractivity contribution is -0.383. The van der Waals surface area contributed by atoms with Crippen LogP contribution in [0.3, 0.4) is 0 Å². The van der Waals surface area contributed by atoms with Gasteiger partial charge in [-0.25, -0.2) is 8.42 Å². The lowest BCUT2D eigenvalue weighted by Gasteiger charge is -2.34. The summed E-state index contributed by atoms with van der Waals surface area (Å²) < 4.78 is 66.4. The zero-order valence-electron chi connectivity index (χ0n) is 18.5. The first kappa shape index (κ1) is 25.7. The fourth-order valence-corrected chi connectivity index (χ4v) is 6.25. The largest absolute Gasteiger partial charge is 0.416 e. The molecule has 0 spiro atoms. The summed E-state index contributed by atoms with van der Waals surface area (Å²) >= 11 is 0.697. The minimum absolute atomic E-state index is 0.00512. The van der Waals surface area contributed by atoms with Crippen LogP contribution < -0.4 is 10.5 Å². The molecule has 36 heavy (non-hydrogen) atoms. The molecule has 2 heterocycles. The Hall–Kier alpha value is -3.43. The number of aromatic nitrogens is 1. The number of sulfonamides is 1. The molecule has 0 unspecified atom stereocenters. The number of alkyl halides is 3. The normalized spacial score (nSPS) is 15.3. The van der Waals surface area contributed by atoms with Crippen molar-refractivity contribution in [1.29, 1.82) is 0 Å². The van der Waals surface area contributed by atoms with E-state index in [9.17, 15) is 41.3 Å². The van der Waals surface area contributed by atoms with Crippen molar-refractivity contribution in [2.45, 2.75) is 18.0 Å². The Balaban J connectivity index is 1.61. The Bertz CT molecular complexity index is 1530. The molecular weight excluding hydrogens is 525 g/mol. The SMILES string of the molecule is CC(=O)c1ccc(S(=O)(=O)N2CCN(c3nc(=O)c4cc(C(F)(F)F)cc([N+](=O)[O-])c4s3)CC2)cc1. The van der Waals surface area contributed by atoms with Crippen LogP contribution in [0.15, 0.2) is 46.1 Å². The first-order valence-corrected chi connectivity index (χ1v) is 12.6. The smallest absolute Gasteiger partial charge is 0.345 e. The summed E-state index contributed by atoms with van der Waals surface area (Å²) in [5.41, 5.74) is -2.86. The summed E-state index contributed by atoms with van der Waals surface area (Å²) in [6, 6.07) is 6.43. The molecule has 10 nitrogen and oxygen atoms in total. The zero-order valence-corrected chi connectivity index (χ0v) is 20.1. The zero-order chi connectivity index (χ0) is 26.4. The highest BCUT2D eigenvalue weighted by Crippen LogP contribution is 2.38. The van der Waals surface area contributed by atoms with E-state index in [0.717, 1.165) is 0 Å². The second-order valence-corrected chi connectivity index (χ2v) is 10.8. The summed E-state index contributed by atoms with van der Waals surface area (Å²) in [7, 11) is -3.87. The maximum atomic E-state index is 13.2. The van der Waals surface area contributed by atoms with E-state index in [-0.39, 0.29) is 46.7 Å². The van der Waals surface area contributed by atoms with Gasteiger partial charge in [-0.1, -0.05) is 23.5 Å². The van der Waals surface area contributed by atoms with Crippen LogP contribution in [0, 0.1) is 10.1 Å². The number of halogens is 3. The minimum Gasteiger partial charge on any atom is -0.345 e. The number of carbonyl (C=O) groups is 1. The summed E-state index contributed by atoms with van der Waals surface area (Å²) in [5, 5.41) is 11.0. The van der Waals surface area contributed by atoms with Gasteiger partial charge in [0.15, 0.2) is 10.9 Å². The molecule has 0 atom stereocenters. The third kappa shape index (κ3) is 4.81. The molecule has 4 rings (SSSR count). The fraction of sp³-hybridized carbons (Fsp3) is 0.286. The third-order valence-electron chi connectivity index (χ3n) is 5.62. The Morgan fingerprint density at radius 1 is 1.11 bits per heavy atom. The van der Waals surface area contributed by atoms with Gasteiger partial charge >= 0.3 is 6.18 Å². The maximum Gasteiger partial charge on any atom is 0.416 e. The van der Waals surface area contributed by atoms with E-state index in [2.05, 4.69) is 4.98 Å². The summed E-state index contributed by atoms with van der Waals surface area (Å²) in [5.74, 6) is -0.204. The van der Waals surface area contributed by atoms with Crippen LogP contribution in [-0.2, 0) is 16.2 Å². The van der Waals surface area contributed by atoms with Crippen LogP contribution in [0.4, 0.5) is 24.0 Å². The van der Waals surface area contributed by atoms with Gasteiger partial charge in [-0.3, -0.25) is 19.7 Å². The van der Waals surface area contributed by atoms with Gasteiger partial charge in [0.25, 0.3) is 11.2 Å². The van der Waals surface area contributed by atoms with Crippen molar-refractivity contribution in [3.8, 4) is 0 Å². The van der Waals surface area contributed by atoms with E-state index >= 15 is 0 Å². The third-order valence-corrected chi connectivity index (χ3v) is 8.70. The first-order chi connectivity index (χ1) is 16.8. The number of anilines is 1. The van der Waals surface area contributed by atoms with Gasteiger partial charge in [0.2, 0.25) is 10.0 Å². The number of rotatable bonds is 5. The van der Waals surface area contributed by atoms with Gasteiger partial charge < -0.3 is 4.90 Å². The van der Waals surface area contributed by atoms with Crippen molar-refractivity contribution in [3.63, 3.8) is 0 Å². The van der Waals surface area contributed by atoms with Gasteiger partial charge in [-0.2, -0.15) is 22.5 Å². The Morgan fingerprint density at radius 2 is 1.72 bits per heavy atom. The minimum atomic E-state index is -4.89. The van der Waals surface area contributed by atoms with Crippen LogP contribution in [-0.4, -0.2) is 54.6 Å². The number of hydrogen-bond donors (Lipinski definition) is 0. The summed E-state index contributed by atoms with van der Waals surface area (Å²) in [4.78, 5) is 39.8. The molecule has 0 N–H and O–H groups in total. The summed E-state index contributed by atoms with van der Waals surface area (Å²) in [6.45, 7) is 1.56. The van der Waals surface area contributed by atoms with Crippen molar-refractivity contribution in [3.05, 3.63) is 68.0 Å². The Kier molecular flexibility index (Phi) is 6.57. The number of Topliss-reactive ketones (excluding diaryl/α,β-unsaturated/α-hetero) is 1. The van der Waals surface area contributed by atoms with Crippen molar-refractivity contribution < 1.29 is 31.3 Å². The highest BCUT2D eigenvalue weighted by molar-refractivity contribution is 7.89. The fourth-order valence-electron chi connectivity index (χ4n) is 3.71. The molecule has 1 aliphatic heterocycles. The standard InChI is InChI=1S/C21H17F3N4O6S2/c1-12(29)13-2-4-15(5-3-13)36(33,34)27-8-6-26(7-9-27)20-25-19(30)16-10-14(21(22,23)24)11-17(28(31)32)18(16)35-20/h2-5,10-11H,6-9H2,1H3. The highest BCUT2D eigenvalue weighted by Gasteiger charge is 2.35. The molecule has 0 radical (unpaired) electrons. The van der Waals surface area contributed by atoms with Crippen LogP contribution in [0.25, 0.3) is 10.1 Å². The molecule has 0 aliphatic carbocycles. The lowest BCUT2D eigenvalue weighted by atomic mass is 10.1. The quantitative estimate of drug-likeness (QED) is 0.273. The number of fused-ring (bicyclic) bond motifs is 1. The number of nitro benzene ring substituents is 1. The van der Waals surface area contributed by atoms with Crippen LogP contribution in [0.5, 0.6) is 0 Å². The van der Waals surface area contributed by atoms with Gasteiger partial charge in [-0.05, 0) is 25.1 Å². The number of nitrogens with zero attached hydrogens (tertiary/aromatic N) is 4. The summed E-state index contributed by atoms with van der Waals surface area (Å²) in [6.07, 6.45) is -4.89. The van der Waals surface area contributed by atoms with Gasteiger partial charge in [-0.15, -0.1) is 0 Å². The van der Waals surface area contributed by atoms with Gasteiger partial charge in [0.05, 0.1) is 20.8 Å². The monoisotopic (exact) mass is 542 g/mol. The number of carbonyl (C=O) groups excluding carboxylic acids is 1. The number of ketones is 1. The van der Waals surface area contributed by atoms with Crippen molar-refractivity contribution in [2.75, 3.05) is 31.1 Å². The molecule has 0 saturated carbocycles. The second-order valence-electron chi connectivity index (χ2n) is 7.90. The molecule has 3 aromatic rings. The van der Waals surface area contributed by atoms with Gasteiger partial charge in [0, 0.05) is 37.8 Å². The predicted octanol–water partition coefficient (Wildman–Crippen LogP) is 3.30. The molecule has 2 aromatic carbocycles. The number of piperazine rings is 1. The molecule has 1 aliphatic rings. The lowest BCUT2D eigenvalue weighted by Crippen LogP contribution is -2.49. The van der Waals surface area contributed by atoms with E-state index < -0.39 is 43.3 Å². The molecular formula is C21H17F3N4O6S2. The average Bonchev–Trinajstić information content (AvgIpc) is 2.82.